The molecular weight excluding hydrogens is 444 g/mol. The van der Waals surface area contributed by atoms with Crippen LogP contribution in [0.25, 0.3) is 11.1 Å². The SMILES string of the molecule is CCCC(C)(NC(=O)CC1CCCC1NC(=O)OCC1c2ccccc2-c2ccccc21)C(=O)O. The van der Waals surface area contributed by atoms with Gasteiger partial charge >= 0.3 is 12.1 Å². The molecule has 0 aromatic heterocycles. The Balaban J connectivity index is 1.33. The topological polar surface area (TPSA) is 105 Å². The van der Waals surface area contributed by atoms with Crippen LogP contribution in [-0.4, -0.2) is 41.3 Å². The predicted molar refractivity (Wildman–Crippen MR) is 133 cm³/mol. The second-order valence-electron chi connectivity index (χ2n) is 9.91. The number of fused-ring (bicyclic) bond motifs is 3. The van der Waals surface area contributed by atoms with E-state index >= 15 is 0 Å². The van der Waals surface area contributed by atoms with Gasteiger partial charge in [0.05, 0.1) is 0 Å². The minimum Gasteiger partial charge on any atom is -0.480 e. The quantitative estimate of drug-likeness (QED) is 0.478. The van der Waals surface area contributed by atoms with Crippen molar-refractivity contribution in [1.29, 1.82) is 0 Å². The molecule has 186 valence electrons. The average molecular weight is 479 g/mol. The van der Waals surface area contributed by atoms with Crippen molar-refractivity contribution in [2.45, 2.75) is 69.9 Å². The molecule has 0 radical (unpaired) electrons. The molecule has 0 bridgehead atoms. The number of aliphatic carboxylic acids is 1. The Morgan fingerprint density at radius 2 is 1.66 bits per heavy atom. The minimum absolute atomic E-state index is 0.00874. The maximum absolute atomic E-state index is 12.7. The van der Waals surface area contributed by atoms with Gasteiger partial charge in [-0.25, -0.2) is 9.59 Å². The second-order valence-corrected chi connectivity index (χ2v) is 9.91. The number of nitrogens with one attached hydrogen (secondary N) is 2. The van der Waals surface area contributed by atoms with E-state index in [2.05, 4.69) is 34.9 Å². The van der Waals surface area contributed by atoms with Gasteiger partial charge in [-0.15, -0.1) is 0 Å². The van der Waals surface area contributed by atoms with Gasteiger partial charge in [-0.3, -0.25) is 4.79 Å². The van der Waals surface area contributed by atoms with E-state index in [9.17, 15) is 19.5 Å². The number of benzene rings is 2. The molecule has 0 aliphatic heterocycles. The molecule has 7 nitrogen and oxygen atoms in total. The molecule has 1 saturated carbocycles. The first-order chi connectivity index (χ1) is 16.8. The summed E-state index contributed by atoms with van der Waals surface area (Å²) in [5, 5.41) is 15.2. The second kappa shape index (κ2) is 10.5. The molecule has 4 rings (SSSR count). The summed E-state index contributed by atoms with van der Waals surface area (Å²) in [5.74, 6) is -1.39. The largest absolute Gasteiger partial charge is 0.480 e. The number of hydrogen-bond donors (Lipinski definition) is 3. The van der Waals surface area contributed by atoms with Crippen LogP contribution in [0.3, 0.4) is 0 Å². The smallest absolute Gasteiger partial charge is 0.407 e. The molecule has 7 heteroatoms. The van der Waals surface area contributed by atoms with Crippen LogP contribution < -0.4 is 10.6 Å². The first-order valence-electron chi connectivity index (χ1n) is 12.5. The van der Waals surface area contributed by atoms with Gasteiger partial charge in [0.25, 0.3) is 0 Å². The molecule has 2 amide bonds. The van der Waals surface area contributed by atoms with Gasteiger partial charge in [-0.05, 0) is 54.4 Å². The van der Waals surface area contributed by atoms with Gasteiger partial charge in [-0.1, -0.05) is 68.3 Å². The lowest BCUT2D eigenvalue weighted by Crippen LogP contribution is -2.52. The van der Waals surface area contributed by atoms with Crippen molar-refractivity contribution in [2.75, 3.05) is 6.61 Å². The summed E-state index contributed by atoms with van der Waals surface area (Å²) in [6.45, 7) is 3.67. The van der Waals surface area contributed by atoms with Gasteiger partial charge < -0.3 is 20.5 Å². The Labute approximate surface area is 206 Å². The van der Waals surface area contributed by atoms with Crippen LogP contribution in [0.4, 0.5) is 4.79 Å². The van der Waals surface area contributed by atoms with Crippen LogP contribution in [0.15, 0.2) is 48.5 Å². The van der Waals surface area contributed by atoms with Crippen LogP contribution in [0, 0.1) is 5.92 Å². The average Bonchev–Trinajstić information content (AvgIpc) is 3.39. The number of alkyl carbamates (subject to hydrolysis) is 1. The third kappa shape index (κ3) is 5.34. The zero-order valence-corrected chi connectivity index (χ0v) is 20.4. The molecular formula is C28H34N2O5. The van der Waals surface area contributed by atoms with E-state index in [0.29, 0.717) is 12.8 Å². The predicted octanol–water partition coefficient (Wildman–Crippen LogP) is 4.84. The summed E-state index contributed by atoms with van der Waals surface area (Å²) in [6, 6.07) is 16.2. The number of amides is 2. The van der Waals surface area contributed by atoms with Crippen molar-refractivity contribution in [3.05, 3.63) is 59.7 Å². The highest BCUT2D eigenvalue weighted by Gasteiger charge is 2.37. The molecule has 2 aromatic carbocycles. The van der Waals surface area contributed by atoms with Crippen molar-refractivity contribution < 1.29 is 24.2 Å². The monoisotopic (exact) mass is 478 g/mol. The number of ether oxygens (including phenoxy) is 1. The number of carboxylic acid groups (broad SMARTS) is 1. The molecule has 2 aromatic rings. The van der Waals surface area contributed by atoms with E-state index in [-0.39, 0.29) is 36.8 Å². The van der Waals surface area contributed by atoms with Gasteiger partial charge in [0, 0.05) is 18.4 Å². The third-order valence-electron chi connectivity index (χ3n) is 7.39. The van der Waals surface area contributed by atoms with Crippen LogP contribution in [0.1, 0.15) is 69.4 Å². The summed E-state index contributed by atoms with van der Waals surface area (Å²) in [6.07, 6.45) is 3.19. The molecule has 0 spiro atoms. The number of hydrogen-bond acceptors (Lipinski definition) is 4. The van der Waals surface area contributed by atoms with Gasteiger partial charge in [0.2, 0.25) is 5.91 Å². The van der Waals surface area contributed by atoms with Crippen LogP contribution in [-0.2, 0) is 14.3 Å². The third-order valence-corrected chi connectivity index (χ3v) is 7.39. The molecule has 2 aliphatic rings. The van der Waals surface area contributed by atoms with Crippen molar-refractivity contribution in [2.24, 2.45) is 5.92 Å². The number of carboxylic acids is 1. The van der Waals surface area contributed by atoms with Crippen LogP contribution in [0.2, 0.25) is 0 Å². The maximum Gasteiger partial charge on any atom is 0.407 e. The van der Waals surface area contributed by atoms with E-state index in [1.165, 1.54) is 18.1 Å². The van der Waals surface area contributed by atoms with Crippen molar-refractivity contribution in [1.82, 2.24) is 10.6 Å². The zero-order chi connectivity index (χ0) is 25.0. The van der Waals surface area contributed by atoms with E-state index in [4.69, 9.17) is 4.74 Å². The molecule has 1 fully saturated rings. The maximum atomic E-state index is 12.7. The van der Waals surface area contributed by atoms with E-state index in [1.54, 1.807) is 0 Å². The molecule has 3 N–H and O–H groups in total. The summed E-state index contributed by atoms with van der Waals surface area (Å²) < 4.78 is 5.67. The van der Waals surface area contributed by atoms with E-state index < -0.39 is 17.6 Å². The summed E-state index contributed by atoms with van der Waals surface area (Å²) in [7, 11) is 0. The Bertz CT molecular complexity index is 1050. The van der Waals surface area contributed by atoms with Crippen LogP contribution >= 0.6 is 0 Å². The Morgan fingerprint density at radius 1 is 1.03 bits per heavy atom. The number of carbonyl (C=O) groups excluding carboxylic acids is 2. The molecule has 0 heterocycles. The fourth-order valence-electron chi connectivity index (χ4n) is 5.58. The van der Waals surface area contributed by atoms with Gasteiger partial charge in [-0.2, -0.15) is 0 Å². The number of carbonyl (C=O) groups is 3. The first-order valence-corrected chi connectivity index (χ1v) is 12.5. The normalized spacial score (nSPS) is 20.4. The summed E-state index contributed by atoms with van der Waals surface area (Å²) in [5.41, 5.74) is 3.39. The fourth-order valence-corrected chi connectivity index (χ4v) is 5.58. The highest BCUT2D eigenvalue weighted by molar-refractivity contribution is 5.86. The fraction of sp³-hybridized carbons (Fsp3) is 0.464. The van der Waals surface area contributed by atoms with Crippen molar-refractivity contribution in [3.8, 4) is 11.1 Å². The van der Waals surface area contributed by atoms with E-state index in [0.717, 1.165) is 30.4 Å². The van der Waals surface area contributed by atoms with Crippen molar-refractivity contribution in [3.63, 3.8) is 0 Å². The lowest BCUT2D eigenvalue weighted by Gasteiger charge is -2.27. The molecule has 35 heavy (non-hydrogen) atoms. The Hall–Kier alpha value is -3.35. The first kappa shape index (κ1) is 24.8. The molecule has 2 aliphatic carbocycles. The van der Waals surface area contributed by atoms with Gasteiger partial charge in [0.1, 0.15) is 12.1 Å². The highest BCUT2D eigenvalue weighted by atomic mass is 16.5. The Kier molecular flexibility index (Phi) is 7.43. The molecule has 3 unspecified atom stereocenters. The van der Waals surface area contributed by atoms with Gasteiger partial charge in [0.15, 0.2) is 0 Å². The standard InChI is InChI=1S/C28H34N2O5/c1-3-15-28(2,26(32)33)30-25(31)16-18-9-8-14-24(18)29-27(34)35-17-23-21-12-6-4-10-19(21)20-11-5-7-13-22(20)23/h4-7,10-13,18,23-24H,3,8-9,14-17H2,1-2H3,(H,29,34)(H,30,31)(H,32,33). The lowest BCUT2D eigenvalue weighted by atomic mass is 9.94. The van der Waals surface area contributed by atoms with Crippen LogP contribution in [0.5, 0.6) is 0 Å². The minimum atomic E-state index is -1.28. The zero-order valence-electron chi connectivity index (χ0n) is 20.4. The summed E-state index contributed by atoms with van der Waals surface area (Å²) >= 11 is 0. The summed E-state index contributed by atoms with van der Waals surface area (Å²) in [4.78, 5) is 37.0. The number of rotatable bonds is 9. The highest BCUT2D eigenvalue weighted by Crippen LogP contribution is 2.44. The van der Waals surface area contributed by atoms with Crippen molar-refractivity contribution >= 4 is 18.0 Å². The Morgan fingerprint density at radius 3 is 2.26 bits per heavy atom. The van der Waals surface area contributed by atoms with E-state index in [1.807, 2.05) is 31.2 Å². The molecule has 0 saturated heterocycles. The lowest BCUT2D eigenvalue weighted by molar-refractivity contribution is -0.147. The molecule has 3 atom stereocenters.